The summed E-state index contributed by atoms with van der Waals surface area (Å²) >= 11 is 0. The Hall–Kier alpha value is -2.64. The number of rotatable bonds is 3. The first kappa shape index (κ1) is 19.3. The van der Waals surface area contributed by atoms with Crippen LogP contribution in [0.15, 0.2) is 16.5 Å². The molecule has 1 saturated heterocycles. The van der Waals surface area contributed by atoms with Crippen molar-refractivity contribution < 1.29 is 14.0 Å². The maximum Gasteiger partial charge on any atom is 0.289 e. The molecule has 0 radical (unpaired) electrons. The number of likely N-dealkylation sites (tertiary alicyclic amines) is 1. The quantitative estimate of drug-likeness (QED) is 0.838. The van der Waals surface area contributed by atoms with Gasteiger partial charge in [-0.05, 0) is 56.6 Å². The molecule has 5 rings (SSSR count). The van der Waals surface area contributed by atoms with E-state index in [4.69, 9.17) is 4.42 Å². The minimum absolute atomic E-state index is 0.0275. The lowest BCUT2D eigenvalue weighted by Gasteiger charge is -2.27. The lowest BCUT2D eigenvalue weighted by Crippen LogP contribution is -2.35. The van der Waals surface area contributed by atoms with Crippen LogP contribution in [-0.4, -0.2) is 50.6 Å². The van der Waals surface area contributed by atoms with Crippen molar-refractivity contribution in [3.63, 3.8) is 0 Å². The van der Waals surface area contributed by atoms with Crippen molar-refractivity contribution in [2.45, 2.75) is 70.9 Å². The van der Waals surface area contributed by atoms with Gasteiger partial charge in [-0.3, -0.25) is 9.59 Å². The third kappa shape index (κ3) is 3.52. The fourth-order valence-corrected chi connectivity index (χ4v) is 5.32. The Balaban J connectivity index is 1.26. The zero-order chi connectivity index (χ0) is 20.7. The maximum atomic E-state index is 12.8. The average Bonchev–Trinajstić information content (AvgIpc) is 3.50. The largest absolute Gasteiger partial charge is 0.456 e. The van der Waals surface area contributed by atoms with Gasteiger partial charge in [0.1, 0.15) is 11.6 Å². The second-order valence-electron chi connectivity index (χ2n) is 9.18. The molecule has 1 unspecified atom stereocenters. The number of aromatic nitrogens is 3. The average molecular weight is 412 g/mol. The van der Waals surface area contributed by atoms with Crippen molar-refractivity contribution in [1.82, 2.24) is 25.0 Å². The number of fused-ring (bicyclic) bond motifs is 1. The summed E-state index contributed by atoms with van der Waals surface area (Å²) in [6.07, 6.45) is 8.09. The number of nitrogens with zero attached hydrogens (tertiary/aromatic N) is 4. The number of hydrogen-bond acceptors (Lipinski definition) is 5. The van der Waals surface area contributed by atoms with E-state index in [1.165, 1.54) is 12.8 Å². The van der Waals surface area contributed by atoms with Crippen LogP contribution in [0.1, 0.15) is 77.7 Å². The van der Waals surface area contributed by atoms with Crippen LogP contribution in [0.5, 0.6) is 0 Å². The van der Waals surface area contributed by atoms with E-state index in [1.54, 1.807) is 6.07 Å². The predicted molar refractivity (Wildman–Crippen MR) is 109 cm³/mol. The Bertz CT molecular complexity index is 958. The van der Waals surface area contributed by atoms with Crippen molar-refractivity contribution >= 4 is 11.8 Å². The number of carbonyl (C=O) groups is 2. The molecule has 2 fully saturated rings. The molecular formula is C22H29N5O3. The molecule has 8 heteroatoms. The van der Waals surface area contributed by atoms with Gasteiger partial charge in [0.15, 0.2) is 5.76 Å². The molecule has 1 saturated carbocycles. The molecule has 2 aromatic rings. The van der Waals surface area contributed by atoms with Gasteiger partial charge in [-0.15, -0.1) is 10.2 Å². The number of hydrogen-bond donors (Lipinski definition) is 1. The lowest BCUT2D eigenvalue weighted by molar-refractivity contribution is 0.0734. The fourth-order valence-electron chi connectivity index (χ4n) is 5.32. The van der Waals surface area contributed by atoms with E-state index in [0.29, 0.717) is 11.6 Å². The zero-order valence-electron chi connectivity index (χ0n) is 17.5. The summed E-state index contributed by atoms with van der Waals surface area (Å²) in [5, 5.41) is 11.7. The van der Waals surface area contributed by atoms with E-state index in [2.05, 4.69) is 15.5 Å². The first-order chi connectivity index (χ1) is 14.5. The van der Waals surface area contributed by atoms with Gasteiger partial charge in [-0.25, -0.2) is 0 Å². The van der Waals surface area contributed by atoms with Crippen molar-refractivity contribution in [2.24, 2.45) is 5.41 Å². The minimum atomic E-state index is -0.104. The molecule has 3 aliphatic rings. The molecule has 1 aliphatic carbocycles. The second kappa shape index (κ2) is 7.56. The van der Waals surface area contributed by atoms with E-state index in [9.17, 15) is 9.59 Å². The Morgan fingerprint density at radius 2 is 1.93 bits per heavy atom. The Kier molecular flexibility index (Phi) is 4.87. The number of nitrogens with one attached hydrogen (secondary N) is 1. The molecule has 8 nitrogen and oxygen atoms in total. The molecule has 2 aromatic heterocycles. The number of amides is 2. The topological polar surface area (TPSA) is 93.3 Å². The molecule has 160 valence electrons. The standard InChI is InChI=1S/C22H29N5O3/c1-15-6-7-17(30-15)21(29)26-12-10-22(14-26)9-8-18-24-25-19(27(18)13-11-22)20(28)23-16-4-2-3-5-16/h6-7,16H,2-5,8-14H2,1H3,(H,23,28). The fraction of sp³-hybridized carbons (Fsp3) is 0.636. The summed E-state index contributed by atoms with van der Waals surface area (Å²) in [5.74, 6) is 2.36. The van der Waals surface area contributed by atoms with E-state index in [1.807, 2.05) is 22.5 Å². The zero-order valence-corrected chi connectivity index (χ0v) is 17.5. The van der Waals surface area contributed by atoms with Crippen LogP contribution in [-0.2, 0) is 13.0 Å². The number of aryl methyl sites for hydroxylation is 2. The smallest absolute Gasteiger partial charge is 0.289 e. The van der Waals surface area contributed by atoms with E-state index in [-0.39, 0.29) is 23.3 Å². The third-order valence-corrected chi connectivity index (χ3v) is 7.14. The minimum Gasteiger partial charge on any atom is -0.456 e. The first-order valence-electron chi connectivity index (χ1n) is 11.1. The molecule has 2 aliphatic heterocycles. The number of furan rings is 1. The van der Waals surface area contributed by atoms with Crippen molar-refractivity contribution in [1.29, 1.82) is 0 Å². The maximum absolute atomic E-state index is 12.8. The summed E-state index contributed by atoms with van der Waals surface area (Å²) in [6.45, 7) is 4.04. The Labute approximate surface area is 176 Å². The summed E-state index contributed by atoms with van der Waals surface area (Å²) in [6, 6.07) is 3.85. The molecule has 1 N–H and O–H groups in total. The SMILES string of the molecule is Cc1ccc(C(=O)N2CCC3(CCc4nnc(C(=O)NC5CCCC5)n4CC3)C2)o1. The highest BCUT2D eigenvalue weighted by Gasteiger charge is 2.42. The molecule has 1 spiro atoms. The monoisotopic (exact) mass is 411 g/mol. The first-order valence-corrected chi connectivity index (χ1v) is 11.1. The highest BCUT2D eigenvalue weighted by Crippen LogP contribution is 2.41. The van der Waals surface area contributed by atoms with Gasteiger partial charge < -0.3 is 19.2 Å². The van der Waals surface area contributed by atoms with Gasteiger partial charge in [0, 0.05) is 32.1 Å². The second-order valence-corrected chi connectivity index (χ2v) is 9.18. The van der Waals surface area contributed by atoms with Gasteiger partial charge in [0.05, 0.1) is 0 Å². The highest BCUT2D eigenvalue weighted by atomic mass is 16.3. The molecule has 4 heterocycles. The molecule has 0 bridgehead atoms. The van der Waals surface area contributed by atoms with Crippen LogP contribution in [0, 0.1) is 12.3 Å². The van der Waals surface area contributed by atoms with Gasteiger partial charge in [0.2, 0.25) is 5.82 Å². The summed E-state index contributed by atoms with van der Waals surface area (Å²) in [7, 11) is 0. The van der Waals surface area contributed by atoms with E-state index in [0.717, 1.165) is 69.7 Å². The lowest BCUT2D eigenvalue weighted by atomic mass is 9.80. The molecule has 1 atom stereocenters. The van der Waals surface area contributed by atoms with Crippen LogP contribution in [0.4, 0.5) is 0 Å². The highest BCUT2D eigenvalue weighted by molar-refractivity contribution is 5.92. The summed E-state index contributed by atoms with van der Waals surface area (Å²) in [5.41, 5.74) is 0.0667. The van der Waals surface area contributed by atoms with Crippen molar-refractivity contribution in [3.05, 3.63) is 35.3 Å². The van der Waals surface area contributed by atoms with Gasteiger partial charge in [-0.1, -0.05) is 12.8 Å². The predicted octanol–water partition coefficient (Wildman–Crippen LogP) is 2.72. The van der Waals surface area contributed by atoms with Crippen LogP contribution in [0.2, 0.25) is 0 Å². The molecule has 2 amide bonds. The molecular weight excluding hydrogens is 382 g/mol. The normalized spacial score (nSPS) is 24.2. The summed E-state index contributed by atoms with van der Waals surface area (Å²) in [4.78, 5) is 27.5. The van der Waals surface area contributed by atoms with Crippen LogP contribution < -0.4 is 5.32 Å². The van der Waals surface area contributed by atoms with Crippen molar-refractivity contribution in [3.8, 4) is 0 Å². The molecule has 30 heavy (non-hydrogen) atoms. The molecule has 0 aromatic carbocycles. The van der Waals surface area contributed by atoms with Crippen molar-refractivity contribution in [2.75, 3.05) is 13.1 Å². The Morgan fingerprint density at radius 1 is 1.13 bits per heavy atom. The van der Waals surface area contributed by atoms with Gasteiger partial charge in [-0.2, -0.15) is 0 Å². The Morgan fingerprint density at radius 3 is 2.70 bits per heavy atom. The van der Waals surface area contributed by atoms with E-state index >= 15 is 0 Å². The third-order valence-electron chi connectivity index (χ3n) is 7.14. The summed E-state index contributed by atoms with van der Waals surface area (Å²) < 4.78 is 7.53. The van der Waals surface area contributed by atoms with E-state index < -0.39 is 0 Å². The van der Waals surface area contributed by atoms with Gasteiger partial charge >= 0.3 is 0 Å². The number of carbonyl (C=O) groups excluding carboxylic acids is 2. The van der Waals surface area contributed by atoms with Crippen LogP contribution >= 0.6 is 0 Å². The van der Waals surface area contributed by atoms with Gasteiger partial charge in [0.25, 0.3) is 11.8 Å². The van der Waals surface area contributed by atoms with Crippen LogP contribution in [0.25, 0.3) is 0 Å². The van der Waals surface area contributed by atoms with Crippen LogP contribution in [0.3, 0.4) is 0 Å².